The minimum Gasteiger partial charge on any atom is -0.0726 e. The van der Waals surface area contributed by atoms with E-state index < -0.39 is 0 Å². The van der Waals surface area contributed by atoms with Crippen LogP contribution in [0.5, 0.6) is 0 Å². The number of allylic oxidation sites excluding steroid dienone is 5. The van der Waals surface area contributed by atoms with E-state index in [4.69, 9.17) is 0 Å². The summed E-state index contributed by atoms with van der Waals surface area (Å²) in [6.45, 7) is 0. The average molecular weight is 254 g/mol. The van der Waals surface area contributed by atoms with Crippen molar-refractivity contribution in [3.05, 3.63) is 88.5 Å². The molecular weight excluding hydrogens is 240 g/mol. The van der Waals surface area contributed by atoms with Gasteiger partial charge in [0.2, 0.25) is 0 Å². The van der Waals surface area contributed by atoms with Gasteiger partial charge >= 0.3 is 0 Å². The molecule has 20 heavy (non-hydrogen) atoms. The van der Waals surface area contributed by atoms with Crippen LogP contribution in [0, 0.1) is 0 Å². The minimum atomic E-state index is 0.472. The van der Waals surface area contributed by atoms with Gasteiger partial charge in [0, 0.05) is 5.92 Å². The molecule has 0 amide bonds. The van der Waals surface area contributed by atoms with Crippen LogP contribution in [0.2, 0.25) is 0 Å². The molecule has 0 bridgehead atoms. The van der Waals surface area contributed by atoms with Crippen LogP contribution < -0.4 is 0 Å². The van der Waals surface area contributed by atoms with Crippen LogP contribution in [0.15, 0.2) is 66.3 Å². The average Bonchev–Trinajstić information content (AvgIpc) is 3.04. The van der Waals surface area contributed by atoms with Gasteiger partial charge in [-0.2, -0.15) is 0 Å². The summed E-state index contributed by atoms with van der Waals surface area (Å²) in [5, 5.41) is 0. The molecule has 0 saturated heterocycles. The van der Waals surface area contributed by atoms with Crippen molar-refractivity contribution in [2.24, 2.45) is 0 Å². The molecule has 2 aromatic carbocycles. The molecule has 0 saturated carbocycles. The molecule has 0 heteroatoms. The molecule has 0 fully saturated rings. The van der Waals surface area contributed by atoms with Gasteiger partial charge in [0.1, 0.15) is 0 Å². The van der Waals surface area contributed by atoms with E-state index in [9.17, 15) is 0 Å². The summed E-state index contributed by atoms with van der Waals surface area (Å²) in [5.41, 5.74) is 10.3. The number of rotatable bonds is 0. The second-order valence-corrected chi connectivity index (χ2v) is 5.79. The number of hydrogen-bond acceptors (Lipinski definition) is 0. The van der Waals surface area contributed by atoms with Gasteiger partial charge < -0.3 is 0 Å². The van der Waals surface area contributed by atoms with Gasteiger partial charge in [0.15, 0.2) is 0 Å². The molecule has 3 aliphatic carbocycles. The molecule has 0 aliphatic heterocycles. The van der Waals surface area contributed by atoms with Crippen LogP contribution >= 0.6 is 0 Å². The first-order chi connectivity index (χ1) is 9.92. The van der Waals surface area contributed by atoms with Crippen molar-refractivity contribution >= 4 is 6.08 Å². The first-order valence-corrected chi connectivity index (χ1v) is 7.22. The summed E-state index contributed by atoms with van der Waals surface area (Å²) < 4.78 is 0. The minimum absolute atomic E-state index is 0.472. The second-order valence-electron chi connectivity index (χ2n) is 5.79. The molecule has 3 aliphatic rings. The summed E-state index contributed by atoms with van der Waals surface area (Å²) >= 11 is 0. The predicted molar refractivity (Wildman–Crippen MR) is 83.7 cm³/mol. The molecule has 94 valence electrons. The highest BCUT2D eigenvalue weighted by Gasteiger charge is 2.30. The Bertz CT molecular complexity index is 831. The van der Waals surface area contributed by atoms with Crippen molar-refractivity contribution in [2.75, 3.05) is 0 Å². The Morgan fingerprint density at radius 1 is 0.900 bits per heavy atom. The van der Waals surface area contributed by atoms with Crippen LogP contribution in [0.25, 0.3) is 17.2 Å². The van der Waals surface area contributed by atoms with E-state index in [-0.39, 0.29) is 0 Å². The van der Waals surface area contributed by atoms with Crippen molar-refractivity contribution in [1.82, 2.24) is 0 Å². The Labute approximate surface area is 118 Å². The number of benzene rings is 2. The van der Waals surface area contributed by atoms with E-state index in [1.807, 2.05) is 0 Å². The Balaban J connectivity index is 1.77. The molecule has 0 nitrogen and oxygen atoms in total. The van der Waals surface area contributed by atoms with Gasteiger partial charge in [0.25, 0.3) is 0 Å². The fourth-order valence-electron chi connectivity index (χ4n) is 3.88. The summed E-state index contributed by atoms with van der Waals surface area (Å²) in [6.07, 6.45) is 12.3. The van der Waals surface area contributed by atoms with Crippen molar-refractivity contribution < 1.29 is 0 Å². The molecule has 1 atom stereocenters. The first kappa shape index (κ1) is 10.4. The monoisotopic (exact) mass is 254 g/mol. The highest BCUT2D eigenvalue weighted by molar-refractivity contribution is 5.84. The molecule has 5 rings (SSSR count). The lowest BCUT2D eigenvalue weighted by atomic mass is 9.87. The van der Waals surface area contributed by atoms with E-state index >= 15 is 0 Å². The Morgan fingerprint density at radius 2 is 1.85 bits per heavy atom. The normalized spacial score (nSPS) is 20.2. The van der Waals surface area contributed by atoms with E-state index in [0.717, 1.165) is 6.42 Å². The third-order valence-corrected chi connectivity index (χ3v) is 4.76. The second kappa shape index (κ2) is 3.61. The Kier molecular flexibility index (Phi) is 1.88. The zero-order chi connectivity index (χ0) is 13.1. The lowest BCUT2D eigenvalue weighted by Gasteiger charge is -2.16. The summed E-state index contributed by atoms with van der Waals surface area (Å²) in [5.74, 6) is 0.472. The number of fused-ring (bicyclic) bond motifs is 7. The van der Waals surface area contributed by atoms with Crippen molar-refractivity contribution in [2.45, 2.75) is 12.3 Å². The molecular formula is C20H14. The van der Waals surface area contributed by atoms with Gasteiger partial charge in [0.05, 0.1) is 0 Å². The van der Waals surface area contributed by atoms with Crippen molar-refractivity contribution in [1.29, 1.82) is 0 Å². The summed E-state index contributed by atoms with van der Waals surface area (Å²) in [6, 6.07) is 13.4. The van der Waals surface area contributed by atoms with E-state index in [2.05, 4.69) is 66.8 Å². The standard InChI is InChI=1S/C20H14/c1-3-7-16-14(6-1)12-19-18(16)10-9-15-11-13-5-2-4-8-17(13)20(15)19/h1-11,17H,12H2. The molecule has 0 aromatic heterocycles. The summed E-state index contributed by atoms with van der Waals surface area (Å²) in [7, 11) is 0. The molecule has 0 spiro atoms. The maximum Gasteiger partial charge on any atom is 0.0281 e. The van der Waals surface area contributed by atoms with Crippen LogP contribution in [-0.2, 0) is 6.42 Å². The molecule has 1 unspecified atom stereocenters. The highest BCUT2D eigenvalue weighted by Crippen LogP contribution is 2.48. The Morgan fingerprint density at radius 3 is 2.85 bits per heavy atom. The quantitative estimate of drug-likeness (QED) is 0.537. The fraction of sp³-hybridized carbons (Fsp3) is 0.100. The first-order valence-electron chi connectivity index (χ1n) is 7.22. The van der Waals surface area contributed by atoms with Crippen LogP contribution in [0.4, 0.5) is 0 Å². The van der Waals surface area contributed by atoms with Gasteiger partial charge in [-0.05, 0) is 45.4 Å². The molecule has 0 heterocycles. The Hall–Kier alpha value is -2.34. The fourth-order valence-corrected chi connectivity index (χ4v) is 3.88. The molecule has 0 radical (unpaired) electrons. The van der Waals surface area contributed by atoms with Crippen molar-refractivity contribution in [3.8, 4) is 11.1 Å². The maximum atomic E-state index is 2.35. The van der Waals surface area contributed by atoms with Gasteiger partial charge in [-0.15, -0.1) is 0 Å². The SMILES string of the molecule is C1=CC2=Cc3ccc4c(c3C2C=C1)Cc1ccccc1-4. The van der Waals surface area contributed by atoms with Crippen LogP contribution in [0.3, 0.4) is 0 Å². The zero-order valence-corrected chi connectivity index (χ0v) is 11.1. The lowest BCUT2D eigenvalue weighted by molar-refractivity contribution is 1.02. The molecule has 0 N–H and O–H groups in total. The van der Waals surface area contributed by atoms with Gasteiger partial charge in [-0.3, -0.25) is 0 Å². The number of hydrogen-bond donors (Lipinski definition) is 0. The summed E-state index contributed by atoms with van der Waals surface area (Å²) in [4.78, 5) is 0. The molecule has 2 aromatic rings. The third kappa shape index (κ3) is 1.21. The van der Waals surface area contributed by atoms with Crippen LogP contribution in [0.1, 0.15) is 28.2 Å². The van der Waals surface area contributed by atoms with Crippen LogP contribution in [-0.4, -0.2) is 0 Å². The lowest BCUT2D eigenvalue weighted by Crippen LogP contribution is -2.00. The van der Waals surface area contributed by atoms with Gasteiger partial charge in [-0.25, -0.2) is 0 Å². The zero-order valence-electron chi connectivity index (χ0n) is 11.1. The highest BCUT2D eigenvalue weighted by atomic mass is 14.3. The van der Waals surface area contributed by atoms with Crippen molar-refractivity contribution in [3.63, 3.8) is 0 Å². The van der Waals surface area contributed by atoms with Gasteiger partial charge in [-0.1, -0.05) is 66.8 Å². The third-order valence-electron chi connectivity index (χ3n) is 4.76. The topological polar surface area (TPSA) is 0 Å². The smallest absolute Gasteiger partial charge is 0.0281 e. The van der Waals surface area contributed by atoms with E-state index in [1.165, 1.54) is 33.4 Å². The predicted octanol–water partition coefficient (Wildman–Crippen LogP) is 4.86. The van der Waals surface area contributed by atoms with E-state index in [1.54, 1.807) is 5.56 Å². The maximum absolute atomic E-state index is 2.35. The largest absolute Gasteiger partial charge is 0.0726 e. The van der Waals surface area contributed by atoms with E-state index in [0.29, 0.717) is 5.92 Å².